The van der Waals surface area contributed by atoms with Gasteiger partial charge in [0.2, 0.25) is 0 Å². The van der Waals surface area contributed by atoms with E-state index in [0.29, 0.717) is 24.6 Å². The van der Waals surface area contributed by atoms with E-state index in [4.69, 9.17) is 0 Å². The summed E-state index contributed by atoms with van der Waals surface area (Å²) < 4.78 is 13.9. The van der Waals surface area contributed by atoms with Crippen LogP contribution in [0.4, 0.5) is 4.39 Å². The first-order chi connectivity index (χ1) is 11.1. The first kappa shape index (κ1) is 17.6. The van der Waals surface area contributed by atoms with E-state index in [1.165, 1.54) is 6.07 Å². The van der Waals surface area contributed by atoms with Gasteiger partial charge in [-0.2, -0.15) is 0 Å². The molecule has 0 spiro atoms. The average molecular weight is 315 g/mol. The lowest BCUT2D eigenvalue weighted by Crippen LogP contribution is -2.30. The fraction of sp³-hybridized carbons (Fsp3) is 0.400. The molecule has 0 amide bonds. The van der Waals surface area contributed by atoms with Crippen molar-refractivity contribution < 1.29 is 9.50 Å². The van der Waals surface area contributed by atoms with Gasteiger partial charge in [0.25, 0.3) is 0 Å². The van der Waals surface area contributed by atoms with Gasteiger partial charge >= 0.3 is 0 Å². The quantitative estimate of drug-likeness (QED) is 0.780. The highest BCUT2D eigenvalue weighted by molar-refractivity contribution is 5.19. The predicted octanol–water partition coefficient (Wildman–Crippen LogP) is 4.41. The number of hydrogen-bond acceptors (Lipinski definition) is 2. The molecule has 0 saturated heterocycles. The first-order valence-corrected chi connectivity index (χ1v) is 8.25. The van der Waals surface area contributed by atoms with Gasteiger partial charge < -0.3 is 5.11 Å². The highest BCUT2D eigenvalue weighted by Crippen LogP contribution is 2.18. The zero-order valence-electron chi connectivity index (χ0n) is 14.0. The van der Waals surface area contributed by atoms with E-state index in [9.17, 15) is 9.50 Å². The molecular weight excluding hydrogens is 289 g/mol. The number of aliphatic hydroxyl groups is 1. The normalized spacial score (nSPS) is 12.8. The number of halogens is 1. The van der Waals surface area contributed by atoms with Crippen molar-refractivity contribution in [1.82, 2.24) is 4.90 Å². The van der Waals surface area contributed by atoms with E-state index < -0.39 is 6.10 Å². The van der Waals surface area contributed by atoms with Crippen LogP contribution in [0.5, 0.6) is 0 Å². The predicted molar refractivity (Wildman–Crippen MR) is 92.5 cm³/mol. The summed E-state index contributed by atoms with van der Waals surface area (Å²) in [5, 5.41) is 10.5. The molecule has 0 heterocycles. The Hall–Kier alpha value is -1.71. The number of aliphatic hydroxyl groups excluding tert-OH is 1. The molecule has 0 aromatic heterocycles. The van der Waals surface area contributed by atoms with E-state index in [1.807, 2.05) is 42.5 Å². The molecule has 0 aliphatic rings. The first-order valence-electron chi connectivity index (χ1n) is 8.25. The SMILES string of the molecule is CC(C)CCN(Cc1ccccc1F)CC(O)c1ccccc1. The van der Waals surface area contributed by atoms with Crippen LogP contribution in [0.25, 0.3) is 0 Å². The highest BCUT2D eigenvalue weighted by atomic mass is 19.1. The molecule has 0 aliphatic heterocycles. The van der Waals surface area contributed by atoms with Gasteiger partial charge in [0.1, 0.15) is 5.82 Å². The van der Waals surface area contributed by atoms with Gasteiger partial charge in [-0.05, 0) is 30.5 Å². The minimum atomic E-state index is -0.560. The van der Waals surface area contributed by atoms with Crippen molar-refractivity contribution in [3.8, 4) is 0 Å². The summed E-state index contributed by atoms with van der Waals surface area (Å²) >= 11 is 0. The van der Waals surface area contributed by atoms with E-state index in [0.717, 1.165) is 18.5 Å². The fourth-order valence-electron chi connectivity index (χ4n) is 2.57. The summed E-state index contributed by atoms with van der Waals surface area (Å²) in [5.41, 5.74) is 1.58. The molecule has 23 heavy (non-hydrogen) atoms. The second kappa shape index (κ2) is 8.80. The molecule has 2 aromatic carbocycles. The Morgan fingerprint density at radius 3 is 2.30 bits per heavy atom. The summed E-state index contributed by atoms with van der Waals surface area (Å²) in [5.74, 6) is 0.392. The van der Waals surface area contributed by atoms with Crippen molar-refractivity contribution in [3.63, 3.8) is 0 Å². The van der Waals surface area contributed by atoms with Gasteiger partial charge in [0.15, 0.2) is 0 Å². The Morgan fingerprint density at radius 2 is 1.65 bits per heavy atom. The van der Waals surface area contributed by atoms with Crippen molar-refractivity contribution in [1.29, 1.82) is 0 Å². The van der Waals surface area contributed by atoms with Gasteiger partial charge in [-0.1, -0.05) is 62.4 Å². The number of rotatable bonds is 8. The van der Waals surface area contributed by atoms with Gasteiger partial charge in [-0.25, -0.2) is 4.39 Å². The molecule has 0 bridgehead atoms. The monoisotopic (exact) mass is 315 g/mol. The maximum atomic E-state index is 13.9. The average Bonchev–Trinajstić information content (AvgIpc) is 2.55. The van der Waals surface area contributed by atoms with Crippen LogP contribution in [0, 0.1) is 11.7 Å². The largest absolute Gasteiger partial charge is 0.387 e. The zero-order chi connectivity index (χ0) is 16.7. The summed E-state index contributed by atoms with van der Waals surface area (Å²) in [6.07, 6.45) is 0.464. The van der Waals surface area contributed by atoms with E-state index in [1.54, 1.807) is 6.07 Å². The second-order valence-electron chi connectivity index (χ2n) is 6.44. The smallest absolute Gasteiger partial charge is 0.127 e. The van der Waals surface area contributed by atoms with Crippen molar-refractivity contribution in [3.05, 3.63) is 71.5 Å². The molecule has 1 atom stereocenters. The molecule has 1 N–H and O–H groups in total. The Bertz CT molecular complexity index is 585. The van der Waals surface area contributed by atoms with Crippen molar-refractivity contribution >= 4 is 0 Å². The standard InChI is InChI=1S/C20H26FNO/c1-16(2)12-13-22(14-18-10-6-7-11-19(18)21)15-20(23)17-8-4-3-5-9-17/h3-11,16,20,23H,12-15H2,1-2H3. The maximum Gasteiger partial charge on any atom is 0.127 e. The minimum absolute atomic E-state index is 0.184. The summed E-state index contributed by atoms with van der Waals surface area (Å²) in [6, 6.07) is 16.5. The van der Waals surface area contributed by atoms with E-state index in [2.05, 4.69) is 18.7 Å². The Morgan fingerprint density at radius 1 is 1.00 bits per heavy atom. The minimum Gasteiger partial charge on any atom is -0.387 e. The fourth-order valence-corrected chi connectivity index (χ4v) is 2.57. The molecule has 124 valence electrons. The Kier molecular flexibility index (Phi) is 6.75. The highest BCUT2D eigenvalue weighted by Gasteiger charge is 2.15. The molecule has 2 aromatic rings. The van der Waals surface area contributed by atoms with Crippen molar-refractivity contribution in [2.45, 2.75) is 32.9 Å². The zero-order valence-corrected chi connectivity index (χ0v) is 14.0. The molecule has 0 aliphatic carbocycles. The lowest BCUT2D eigenvalue weighted by atomic mass is 10.1. The van der Waals surface area contributed by atoms with Crippen LogP contribution in [0.3, 0.4) is 0 Å². The van der Waals surface area contributed by atoms with Crippen LogP contribution >= 0.6 is 0 Å². The molecule has 0 fully saturated rings. The lowest BCUT2D eigenvalue weighted by Gasteiger charge is -2.26. The number of nitrogens with zero attached hydrogens (tertiary/aromatic N) is 1. The molecule has 0 saturated carbocycles. The molecule has 1 unspecified atom stereocenters. The Balaban J connectivity index is 2.06. The third-order valence-corrected chi connectivity index (χ3v) is 3.99. The van der Waals surface area contributed by atoms with E-state index >= 15 is 0 Å². The molecular formula is C20H26FNO. The van der Waals surface area contributed by atoms with Crippen LogP contribution in [0.1, 0.15) is 37.5 Å². The van der Waals surface area contributed by atoms with Gasteiger partial charge in [0, 0.05) is 18.7 Å². The number of benzene rings is 2. The van der Waals surface area contributed by atoms with Crippen molar-refractivity contribution in [2.75, 3.05) is 13.1 Å². The van der Waals surface area contributed by atoms with Crippen LogP contribution in [-0.4, -0.2) is 23.1 Å². The molecule has 0 radical (unpaired) electrons. The third-order valence-electron chi connectivity index (χ3n) is 3.99. The third kappa shape index (κ3) is 5.77. The van der Waals surface area contributed by atoms with E-state index in [-0.39, 0.29) is 5.82 Å². The van der Waals surface area contributed by atoms with Gasteiger partial charge in [-0.3, -0.25) is 4.90 Å². The summed E-state index contributed by atoms with van der Waals surface area (Å²) in [7, 11) is 0. The van der Waals surface area contributed by atoms with Crippen LogP contribution < -0.4 is 0 Å². The topological polar surface area (TPSA) is 23.5 Å². The lowest BCUT2D eigenvalue weighted by molar-refractivity contribution is 0.105. The van der Waals surface area contributed by atoms with Gasteiger partial charge in [0.05, 0.1) is 6.10 Å². The second-order valence-corrected chi connectivity index (χ2v) is 6.44. The Labute approximate surface area is 138 Å². The molecule has 2 nitrogen and oxygen atoms in total. The summed E-state index contributed by atoms with van der Waals surface area (Å²) in [6.45, 7) is 6.22. The molecule has 2 rings (SSSR count). The van der Waals surface area contributed by atoms with Gasteiger partial charge in [-0.15, -0.1) is 0 Å². The van der Waals surface area contributed by atoms with Crippen molar-refractivity contribution in [2.24, 2.45) is 5.92 Å². The summed E-state index contributed by atoms with van der Waals surface area (Å²) in [4.78, 5) is 2.13. The van der Waals surface area contributed by atoms with Crippen LogP contribution in [0.2, 0.25) is 0 Å². The molecule has 3 heteroatoms. The van der Waals surface area contributed by atoms with Crippen LogP contribution in [-0.2, 0) is 6.54 Å². The number of hydrogen-bond donors (Lipinski definition) is 1. The van der Waals surface area contributed by atoms with Crippen LogP contribution in [0.15, 0.2) is 54.6 Å². The maximum absolute atomic E-state index is 13.9.